The van der Waals surface area contributed by atoms with Crippen molar-refractivity contribution in [3.05, 3.63) is 40.1 Å². The van der Waals surface area contributed by atoms with Crippen LogP contribution in [0.1, 0.15) is 5.69 Å². The zero-order valence-electron chi connectivity index (χ0n) is 8.27. The molecule has 0 radical (unpaired) electrons. The van der Waals surface area contributed by atoms with Crippen LogP contribution in [0.5, 0.6) is 0 Å². The number of hydrogen-bond donors (Lipinski definition) is 1. The van der Waals surface area contributed by atoms with Crippen molar-refractivity contribution in [1.82, 2.24) is 15.0 Å². The first kappa shape index (κ1) is 11.4. The molecular formula is C10H9Cl2N3O. The standard InChI is InChI=1S/C10H9Cl2N3O/c11-8-2-1-3-9(10(8)12)15-6-7(4-5-16)13-14-15/h1-3,6,16H,4-5H2. The van der Waals surface area contributed by atoms with Gasteiger partial charge in [-0.15, -0.1) is 5.10 Å². The van der Waals surface area contributed by atoms with Crippen LogP contribution < -0.4 is 0 Å². The summed E-state index contributed by atoms with van der Waals surface area (Å²) in [7, 11) is 0. The number of aliphatic hydroxyl groups excluding tert-OH is 1. The molecule has 2 aromatic rings. The summed E-state index contributed by atoms with van der Waals surface area (Å²) in [6.07, 6.45) is 2.19. The van der Waals surface area contributed by atoms with Crippen LogP contribution in [0.25, 0.3) is 5.69 Å². The smallest absolute Gasteiger partial charge is 0.0865 e. The van der Waals surface area contributed by atoms with Gasteiger partial charge in [0, 0.05) is 13.0 Å². The number of rotatable bonds is 3. The molecule has 0 spiro atoms. The van der Waals surface area contributed by atoms with Crippen molar-refractivity contribution in [3.63, 3.8) is 0 Å². The first-order chi connectivity index (χ1) is 7.72. The fourth-order valence-electron chi connectivity index (χ4n) is 1.31. The second kappa shape index (κ2) is 4.82. The number of aromatic nitrogens is 3. The van der Waals surface area contributed by atoms with E-state index in [1.54, 1.807) is 29.1 Å². The number of hydrogen-bond acceptors (Lipinski definition) is 3. The molecular weight excluding hydrogens is 249 g/mol. The Morgan fingerprint density at radius 3 is 2.88 bits per heavy atom. The summed E-state index contributed by atoms with van der Waals surface area (Å²) in [5.41, 5.74) is 1.38. The Hall–Kier alpha value is -1.10. The predicted octanol–water partition coefficient (Wildman–Crippen LogP) is 2.11. The molecule has 1 heterocycles. The maximum Gasteiger partial charge on any atom is 0.0865 e. The summed E-state index contributed by atoms with van der Waals surface area (Å²) in [6.45, 7) is 0.0436. The van der Waals surface area contributed by atoms with Crippen LogP contribution in [-0.4, -0.2) is 26.7 Å². The van der Waals surface area contributed by atoms with Crippen molar-refractivity contribution >= 4 is 23.2 Å². The molecule has 0 saturated heterocycles. The van der Waals surface area contributed by atoms with E-state index in [0.717, 1.165) is 0 Å². The Morgan fingerprint density at radius 1 is 1.31 bits per heavy atom. The first-order valence-electron chi connectivity index (χ1n) is 4.69. The fourth-order valence-corrected chi connectivity index (χ4v) is 1.70. The summed E-state index contributed by atoms with van der Waals surface area (Å²) < 4.78 is 1.54. The van der Waals surface area contributed by atoms with E-state index in [2.05, 4.69) is 10.3 Å². The minimum absolute atomic E-state index is 0.0436. The lowest BCUT2D eigenvalue weighted by atomic mass is 10.3. The Bertz CT molecular complexity index is 499. The minimum atomic E-state index is 0.0436. The van der Waals surface area contributed by atoms with Gasteiger partial charge in [0.15, 0.2) is 0 Å². The average Bonchev–Trinajstić information content (AvgIpc) is 2.71. The van der Waals surface area contributed by atoms with Crippen molar-refractivity contribution < 1.29 is 5.11 Å². The highest BCUT2D eigenvalue weighted by molar-refractivity contribution is 6.43. The first-order valence-corrected chi connectivity index (χ1v) is 5.44. The minimum Gasteiger partial charge on any atom is -0.396 e. The largest absolute Gasteiger partial charge is 0.396 e. The van der Waals surface area contributed by atoms with Crippen LogP contribution in [-0.2, 0) is 6.42 Å². The lowest BCUT2D eigenvalue weighted by Crippen LogP contribution is -1.96. The highest BCUT2D eigenvalue weighted by Crippen LogP contribution is 2.27. The zero-order valence-corrected chi connectivity index (χ0v) is 9.78. The summed E-state index contributed by atoms with van der Waals surface area (Å²) in [5, 5.41) is 17.5. The SMILES string of the molecule is OCCc1cn(-c2cccc(Cl)c2Cl)nn1. The summed E-state index contributed by atoms with van der Waals surface area (Å²) >= 11 is 11.9. The molecule has 84 valence electrons. The van der Waals surface area contributed by atoms with Gasteiger partial charge in [0.25, 0.3) is 0 Å². The molecule has 2 rings (SSSR count). The van der Waals surface area contributed by atoms with Gasteiger partial charge in [-0.25, -0.2) is 4.68 Å². The van der Waals surface area contributed by atoms with Gasteiger partial charge >= 0.3 is 0 Å². The van der Waals surface area contributed by atoms with Crippen LogP contribution in [0.4, 0.5) is 0 Å². The molecule has 1 N–H and O–H groups in total. The van der Waals surface area contributed by atoms with Gasteiger partial charge in [0.05, 0.1) is 27.6 Å². The second-order valence-electron chi connectivity index (χ2n) is 3.20. The molecule has 4 nitrogen and oxygen atoms in total. The lowest BCUT2D eigenvalue weighted by molar-refractivity contribution is 0.298. The molecule has 0 bridgehead atoms. The Labute approximate surface area is 102 Å². The molecule has 6 heteroatoms. The van der Waals surface area contributed by atoms with E-state index in [1.807, 2.05) is 0 Å². The van der Waals surface area contributed by atoms with E-state index in [4.69, 9.17) is 28.3 Å². The molecule has 16 heavy (non-hydrogen) atoms. The highest BCUT2D eigenvalue weighted by Gasteiger charge is 2.08. The maximum absolute atomic E-state index is 8.77. The van der Waals surface area contributed by atoms with Crippen molar-refractivity contribution in [3.8, 4) is 5.69 Å². The molecule has 1 aromatic carbocycles. The quantitative estimate of drug-likeness (QED) is 0.917. The van der Waals surface area contributed by atoms with Crippen LogP contribution in [0.2, 0.25) is 10.0 Å². The predicted molar refractivity (Wildman–Crippen MR) is 62.2 cm³/mol. The van der Waals surface area contributed by atoms with Gasteiger partial charge in [0.2, 0.25) is 0 Å². The maximum atomic E-state index is 8.77. The van der Waals surface area contributed by atoms with Gasteiger partial charge in [-0.2, -0.15) is 0 Å². The van der Waals surface area contributed by atoms with Gasteiger partial charge in [-0.1, -0.05) is 34.5 Å². The van der Waals surface area contributed by atoms with Crippen molar-refractivity contribution in [2.45, 2.75) is 6.42 Å². The molecule has 0 aliphatic carbocycles. The molecule has 1 aromatic heterocycles. The second-order valence-corrected chi connectivity index (χ2v) is 3.99. The van der Waals surface area contributed by atoms with E-state index in [-0.39, 0.29) is 6.61 Å². The van der Waals surface area contributed by atoms with Crippen molar-refractivity contribution in [1.29, 1.82) is 0 Å². The normalized spacial score (nSPS) is 10.7. The molecule has 0 aliphatic rings. The van der Waals surface area contributed by atoms with Gasteiger partial charge in [-0.05, 0) is 12.1 Å². The van der Waals surface area contributed by atoms with Crippen LogP contribution >= 0.6 is 23.2 Å². The van der Waals surface area contributed by atoms with E-state index in [9.17, 15) is 0 Å². The van der Waals surface area contributed by atoms with Crippen LogP contribution in [0.15, 0.2) is 24.4 Å². The summed E-state index contributed by atoms with van der Waals surface area (Å²) in [4.78, 5) is 0. The fraction of sp³-hybridized carbons (Fsp3) is 0.200. The molecule has 0 saturated carbocycles. The number of benzene rings is 1. The lowest BCUT2D eigenvalue weighted by Gasteiger charge is -2.03. The number of aliphatic hydroxyl groups is 1. The monoisotopic (exact) mass is 257 g/mol. The van der Waals surface area contributed by atoms with Gasteiger partial charge < -0.3 is 5.11 Å². The van der Waals surface area contributed by atoms with Gasteiger partial charge in [-0.3, -0.25) is 0 Å². The van der Waals surface area contributed by atoms with Crippen molar-refractivity contribution in [2.75, 3.05) is 6.61 Å². The molecule has 0 amide bonds. The van der Waals surface area contributed by atoms with E-state index in [1.165, 1.54) is 0 Å². The molecule has 0 aliphatic heterocycles. The molecule has 0 fully saturated rings. The summed E-state index contributed by atoms with van der Waals surface area (Å²) in [6, 6.07) is 5.29. The van der Waals surface area contributed by atoms with Crippen LogP contribution in [0.3, 0.4) is 0 Å². The molecule has 0 unspecified atom stereocenters. The Morgan fingerprint density at radius 2 is 2.12 bits per heavy atom. The highest BCUT2D eigenvalue weighted by atomic mass is 35.5. The Kier molecular flexibility index (Phi) is 3.43. The topological polar surface area (TPSA) is 50.9 Å². The van der Waals surface area contributed by atoms with Gasteiger partial charge in [0.1, 0.15) is 0 Å². The van der Waals surface area contributed by atoms with E-state index < -0.39 is 0 Å². The third-order valence-corrected chi connectivity index (χ3v) is 2.90. The number of halogens is 2. The van der Waals surface area contributed by atoms with E-state index in [0.29, 0.717) is 27.8 Å². The van der Waals surface area contributed by atoms with E-state index >= 15 is 0 Å². The zero-order chi connectivity index (χ0) is 11.5. The van der Waals surface area contributed by atoms with Crippen molar-refractivity contribution in [2.24, 2.45) is 0 Å². The summed E-state index contributed by atoms with van der Waals surface area (Å²) in [5.74, 6) is 0. The molecule has 0 atom stereocenters. The van der Waals surface area contributed by atoms with Crippen LogP contribution in [0, 0.1) is 0 Å². The average molecular weight is 258 g/mol. The third-order valence-electron chi connectivity index (χ3n) is 2.09. The number of nitrogens with zero attached hydrogens (tertiary/aromatic N) is 3. The Balaban J connectivity index is 2.39. The third kappa shape index (κ3) is 2.19.